The summed E-state index contributed by atoms with van der Waals surface area (Å²) in [5, 5.41) is 0.551. The molecular weight excluding hydrogens is 544 g/mol. The van der Waals surface area contributed by atoms with Gasteiger partial charge >= 0.3 is 5.97 Å². The van der Waals surface area contributed by atoms with Crippen LogP contribution in [0, 0.1) is 0 Å². The van der Waals surface area contributed by atoms with Crippen molar-refractivity contribution in [3.8, 4) is 11.5 Å². The lowest BCUT2D eigenvalue weighted by Crippen LogP contribution is -2.39. The zero-order valence-corrected chi connectivity index (χ0v) is 21.9. The molecule has 0 saturated carbocycles. The Hall–Kier alpha value is -2.88. The van der Waals surface area contributed by atoms with Gasteiger partial charge in [0, 0.05) is 5.02 Å². The van der Waals surface area contributed by atoms with Crippen molar-refractivity contribution < 1.29 is 19.0 Å². The van der Waals surface area contributed by atoms with Crippen LogP contribution in [0.1, 0.15) is 24.1 Å². The van der Waals surface area contributed by atoms with E-state index in [2.05, 4.69) is 20.9 Å². The summed E-state index contributed by atoms with van der Waals surface area (Å²) in [4.78, 5) is 31.3. The van der Waals surface area contributed by atoms with Gasteiger partial charge in [0.1, 0.15) is 0 Å². The predicted molar refractivity (Wildman–Crippen MR) is 134 cm³/mol. The van der Waals surface area contributed by atoms with Gasteiger partial charge in [-0.05, 0) is 64.3 Å². The van der Waals surface area contributed by atoms with Crippen LogP contribution < -0.4 is 24.4 Å². The Kier molecular flexibility index (Phi) is 6.97. The van der Waals surface area contributed by atoms with Crippen molar-refractivity contribution in [3.63, 3.8) is 0 Å². The predicted octanol–water partition coefficient (Wildman–Crippen LogP) is 3.84. The highest BCUT2D eigenvalue weighted by Crippen LogP contribution is 2.36. The maximum atomic E-state index is 13.6. The first-order chi connectivity index (χ1) is 16.3. The molecule has 0 fully saturated rings. The molecule has 176 valence electrons. The summed E-state index contributed by atoms with van der Waals surface area (Å²) < 4.78 is 18.5. The minimum atomic E-state index is -0.694. The number of methoxy groups -OCH3 is 3. The molecule has 0 radical (unpaired) electrons. The van der Waals surface area contributed by atoms with E-state index in [-0.39, 0.29) is 5.56 Å². The fourth-order valence-electron chi connectivity index (χ4n) is 3.83. The number of benzene rings is 2. The highest BCUT2D eigenvalue weighted by atomic mass is 79.9. The zero-order valence-electron chi connectivity index (χ0n) is 18.7. The Balaban J connectivity index is 1.95. The topological polar surface area (TPSA) is 79.1 Å². The fraction of sp³-hybridized carbons (Fsp3) is 0.208. The van der Waals surface area contributed by atoms with Crippen molar-refractivity contribution in [2.75, 3.05) is 21.3 Å². The molecule has 34 heavy (non-hydrogen) atoms. The molecule has 2 heterocycles. The van der Waals surface area contributed by atoms with E-state index in [1.165, 1.54) is 23.0 Å². The average molecular weight is 564 g/mol. The quantitative estimate of drug-likeness (QED) is 0.441. The van der Waals surface area contributed by atoms with Crippen LogP contribution in [0.15, 0.2) is 61.9 Å². The van der Waals surface area contributed by atoms with Gasteiger partial charge in [-0.15, -0.1) is 0 Å². The summed E-state index contributed by atoms with van der Waals surface area (Å²) >= 11 is 10.8. The van der Waals surface area contributed by atoms with Gasteiger partial charge in [-0.2, -0.15) is 0 Å². The SMILES string of the molecule is COC(=O)C1=C(C)N=c2s/c(=C\c3cc(Br)c(OC)c(OC)c3)c(=O)n2[C@@H]1c1ccc(Cl)cc1. The maximum Gasteiger partial charge on any atom is 0.338 e. The van der Waals surface area contributed by atoms with Crippen LogP contribution >= 0.6 is 38.9 Å². The van der Waals surface area contributed by atoms with Crippen LogP contribution in [0.3, 0.4) is 0 Å². The van der Waals surface area contributed by atoms with E-state index in [1.807, 2.05) is 6.07 Å². The maximum absolute atomic E-state index is 13.6. The van der Waals surface area contributed by atoms with E-state index in [4.69, 9.17) is 25.8 Å². The normalized spacial score (nSPS) is 15.6. The second kappa shape index (κ2) is 9.77. The smallest absolute Gasteiger partial charge is 0.338 e. The van der Waals surface area contributed by atoms with Gasteiger partial charge < -0.3 is 14.2 Å². The molecule has 10 heteroatoms. The average Bonchev–Trinajstić information content (AvgIpc) is 3.12. The molecule has 1 aliphatic rings. The number of rotatable bonds is 5. The molecule has 0 saturated heterocycles. The number of halogens is 2. The van der Waals surface area contributed by atoms with Crippen molar-refractivity contribution in [3.05, 3.63) is 88.0 Å². The van der Waals surface area contributed by atoms with E-state index in [0.29, 0.717) is 41.6 Å². The molecule has 3 aromatic rings. The molecule has 0 bridgehead atoms. The number of nitrogens with zero attached hydrogens (tertiary/aromatic N) is 2. The number of hydrogen-bond donors (Lipinski definition) is 0. The third kappa shape index (κ3) is 4.31. The molecule has 0 spiro atoms. The Morgan fingerprint density at radius 1 is 1.18 bits per heavy atom. The van der Waals surface area contributed by atoms with Crippen molar-refractivity contribution in [1.29, 1.82) is 0 Å². The molecule has 2 aromatic carbocycles. The number of carbonyl (C=O) groups is 1. The van der Waals surface area contributed by atoms with Crippen LogP contribution in [0.2, 0.25) is 5.02 Å². The van der Waals surface area contributed by atoms with E-state index in [0.717, 1.165) is 11.1 Å². The highest BCUT2D eigenvalue weighted by Gasteiger charge is 2.33. The van der Waals surface area contributed by atoms with Crippen LogP contribution in [0.25, 0.3) is 6.08 Å². The number of esters is 1. The van der Waals surface area contributed by atoms with Crippen LogP contribution in [-0.4, -0.2) is 31.9 Å². The van der Waals surface area contributed by atoms with E-state index in [1.54, 1.807) is 57.6 Å². The molecule has 0 aliphatic carbocycles. The third-order valence-corrected chi connectivity index (χ3v) is 7.19. The molecule has 1 aliphatic heterocycles. The first kappa shape index (κ1) is 24.3. The number of carbonyl (C=O) groups excluding carboxylic acids is 1. The van der Waals surface area contributed by atoms with Gasteiger partial charge in [0.25, 0.3) is 5.56 Å². The molecule has 0 unspecified atom stereocenters. The van der Waals surface area contributed by atoms with Crippen molar-refractivity contribution >= 4 is 50.9 Å². The van der Waals surface area contributed by atoms with Crippen molar-refractivity contribution in [1.82, 2.24) is 4.57 Å². The summed E-state index contributed by atoms with van der Waals surface area (Å²) in [5.41, 5.74) is 1.98. The fourth-order valence-corrected chi connectivity index (χ4v) is 5.62. The van der Waals surface area contributed by atoms with Gasteiger partial charge in [-0.1, -0.05) is 35.1 Å². The lowest BCUT2D eigenvalue weighted by Gasteiger charge is -2.24. The lowest BCUT2D eigenvalue weighted by molar-refractivity contribution is -0.136. The molecule has 1 atom stereocenters. The van der Waals surface area contributed by atoms with Crippen molar-refractivity contribution in [2.45, 2.75) is 13.0 Å². The van der Waals surface area contributed by atoms with Gasteiger partial charge in [-0.25, -0.2) is 9.79 Å². The second-order valence-electron chi connectivity index (χ2n) is 7.36. The monoisotopic (exact) mass is 562 g/mol. The number of fused-ring (bicyclic) bond motifs is 1. The molecule has 4 rings (SSSR count). The van der Waals surface area contributed by atoms with E-state index in [9.17, 15) is 9.59 Å². The lowest BCUT2D eigenvalue weighted by atomic mass is 9.96. The standard InChI is InChI=1S/C24H20BrClN2O5S/c1-12-19(23(30)33-4)20(14-5-7-15(26)8-6-14)28-22(29)18(34-24(28)27-12)11-13-9-16(25)21(32-3)17(10-13)31-2/h5-11,20H,1-4H3/b18-11-/t20-/m1/s1. The zero-order chi connectivity index (χ0) is 24.6. The van der Waals surface area contributed by atoms with E-state index >= 15 is 0 Å². The Morgan fingerprint density at radius 3 is 2.50 bits per heavy atom. The second-order valence-corrected chi connectivity index (χ2v) is 9.66. The summed E-state index contributed by atoms with van der Waals surface area (Å²) in [7, 11) is 4.41. The van der Waals surface area contributed by atoms with Crippen LogP contribution in [0.4, 0.5) is 0 Å². The Labute approximate surface area is 212 Å². The number of aromatic nitrogens is 1. The number of allylic oxidation sites excluding steroid dienone is 1. The summed E-state index contributed by atoms with van der Waals surface area (Å²) in [5.74, 6) is 0.542. The molecule has 1 aromatic heterocycles. The van der Waals surface area contributed by atoms with Gasteiger partial charge in [-0.3, -0.25) is 9.36 Å². The molecule has 7 nitrogen and oxygen atoms in total. The number of thiazole rings is 1. The Bertz CT molecular complexity index is 1490. The van der Waals surface area contributed by atoms with Gasteiger partial charge in [0.2, 0.25) is 0 Å². The molecule has 0 N–H and O–H groups in total. The third-order valence-electron chi connectivity index (χ3n) is 5.37. The van der Waals surface area contributed by atoms with Gasteiger partial charge in [0.05, 0.1) is 47.6 Å². The van der Waals surface area contributed by atoms with Crippen LogP contribution in [-0.2, 0) is 9.53 Å². The summed E-state index contributed by atoms with van der Waals surface area (Å²) in [6, 6.07) is 9.94. The Morgan fingerprint density at radius 2 is 1.88 bits per heavy atom. The minimum absolute atomic E-state index is 0.275. The highest BCUT2D eigenvalue weighted by molar-refractivity contribution is 9.10. The number of ether oxygens (including phenoxy) is 3. The number of hydrogen-bond acceptors (Lipinski definition) is 7. The first-order valence-corrected chi connectivity index (χ1v) is 12.1. The van der Waals surface area contributed by atoms with E-state index < -0.39 is 12.0 Å². The van der Waals surface area contributed by atoms with Crippen molar-refractivity contribution in [2.24, 2.45) is 4.99 Å². The van der Waals surface area contributed by atoms with Gasteiger partial charge in [0.15, 0.2) is 16.3 Å². The summed E-state index contributed by atoms with van der Waals surface area (Å²) in [6.07, 6.45) is 1.76. The largest absolute Gasteiger partial charge is 0.493 e. The summed E-state index contributed by atoms with van der Waals surface area (Å²) in [6.45, 7) is 1.73. The minimum Gasteiger partial charge on any atom is -0.493 e. The first-order valence-electron chi connectivity index (χ1n) is 10.1. The van der Waals surface area contributed by atoms with Crippen LogP contribution in [0.5, 0.6) is 11.5 Å². The molecule has 0 amide bonds. The molecular formula is C24H20BrClN2O5S.